The quantitative estimate of drug-likeness (QED) is 0.163. The number of furan rings is 1. The standard InChI is InChI=1S/C71H33N11O/c72-34-40-16-22-59-51(28-40)52-29-41(35-73)17-23-60(52)79(59)67-66(50-12-7-11-49-48-10-3-6-15-65(48)83-69(49)50)68(80-61-24-18-42(36-74)30-53(61)54-31-43(37-75)19-25-62(54)80)71(78-70(67)81-57-13-4-1-8-46(57)47-9-2-5-14-58(47)81)82-63-26-20-44(38-76)32-55(63)56-33-45(39-77)21-27-64(56)82/h1-33H. The molecule has 0 aliphatic heterocycles. The van der Waals surface area contributed by atoms with Crippen molar-refractivity contribution in [3.63, 3.8) is 0 Å². The highest BCUT2D eigenvalue weighted by Crippen LogP contribution is 2.51. The summed E-state index contributed by atoms with van der Waals surface area (Å²) in [5, 5.41) is 71.1. The average molecular weight is 1060 g/mol. The number of rotatable bonds is 5. The summed E-state index contributed by atoms with van der Waals surface area (Å²) >= 11 is 0. The minimum Gasteiger partial charge on any atom is -0.455 e. The number of para-hydroxylation sites is 4. The van der Waals surface area contributed by atoms with E-state index in [1.54, 1.807) is 36.4 Å². The number of nitriles is 6. The number of aromatic nitrogens is 5. The van der Waals surface area contributed by atoms with E-state index in [-0.39, 0.29) is 0 Å². The molecule has 378 valence electrons. The van der Waals surface area contributed by atoms with E-state index in [4.69, 9.17) is 9.40 Å². The Bertz CT molecular complexity index is 5650. The van der Waals surface area contributed by atoms with Crippen LogP contribution in [0.1, 0.15) is 33.4 Å². The first-order valence-corrected chi connectivity index (χ1v) is 26.5. The lowest BCUT2D eigenvalue weighted by molar-refractivity contribution is 0.670. The molecule has 0 saturated carbocycles. The molecule has 12 heteroatoms. The normalized spacial score (nSPS) is 11.5. The lowest BCUT2D eigenvalue weighted by atomic mass is 9.98. The van der Waals surface area contributed by atoms with Crippen molar-refractivity contribution in [2.75, 3.05) is 0 Å². The van der Waals surface area contributed by atoms with Crippen molar-refractivity contribution in [3.8, 4) is 70.6 Å². The van der Waals surface area contributed by atoms with E-state index in [9.17, 15) is 31.6 Å². The molecule has 12 nitrogen and oxygen atoms in total. The van der Waals surface area contributed by atoms with Crippen molar-refractivity contribution in [1.82, 2.24) is 23.3 Å². The highest BCUT2D eigenvalue weighted by molar-refractivity contribution is 6.18. The van der Waals surface area contributed by atoms with Gasteiger partial charge < -0.3 is 13.6 Å². The Morgan fingerprint density at radius 2 is 0.602 bits per heavy atom. The predicted molar refractivity (Wildman–Crippen MR) is 323 cm³/mol. The highest BCUT2D eigenvalue weighted by atomic mass is 16.3. The summed E-state index contributed by atoms with van der Waals surface area (Å²) in [6.07, 6.45) is 0. The molecule has 0 aliphatic rings. The molecule has 0 aliphatic carbocycles. The van der Waals surface area contributed by atoms with E-state index in [1.807, 2.05) is 121 Å². The zero-order chi connectivity index (χ0) is 55.8. The third-order valence-electron chi connectivity index (χ3n) is 16.3. The average Bonchev–Trinajstić information content (AvgIpc) is 2.05. The van der Waals surface area contributed by atoms with Crippen LogP contribution in [0.3, 0.4) is 0 Å². The van der Waals surface area contributed by atoms with Gasteiger partial charge in [0.25, 0.3) is 0 Å². The summed E-state index contributed by atoms with van der Waals surface area (Å²) in [4.78, 5) is 6.24. The largest absolute Gasteiger partial charge is 0.455 e. The number of benzene rings is 10. The number of hydrogen-bond acceptors (Lipinski definition) is 8. The minimum absolute atomic E-state index is 0.426. The predicted octanol–water partition coefficient (Wildman–Crippen LogP) is 16.3. The fourth-order valence-electron chi connectivity index (χ4n) is 12.8. The Hall–Kier alpha value is -12.7. The van der Waals surface area contributed by atoms with Crippen LogP contribution in [0.25, 0.3) is 143 Å². The fourth-order valence-corrected chi connectivity index (χ4v) is 12.8. The monoisotopic (exact) mass is 1060 g/mol. The Labute approximate surface area is 470 Å². The van der Waals surface area contributed by atoms with Crippen LogP contribution in [0.4, 0.5) is 0 Å². The highest BCUT2D eigenvalue weighted by Gasteiger charge is 2.34. The summed E-state index contributed by atoms with van der Waals surface area (Å²) in [5.74, 6) is 0.934. The molecule has 6 heterocycles. The lowest BCUT2D eigenvalue weighted by Gasteiger charge is -2.27. The zero-order valence-corrected chi connectivity index (χ0v) is 43.4. The molecule has 0 spiro atoms. The molecule has 0 bridgehead atoms. The summed E-state index contributed by atoms with van der Waals surface area (Å²) in [6.45, 7) is 0. The first kappa shape index (κ1) is 46.4. The third kappa shape index (κ3) is 6.47. The minimum atomic E-state index is 0.426. The van der Waals surface area contributed by atoms with Crippen LogP contribution in [-0.2, 0) is 0 Å². The Kier molecular flexibility index (Phi) is 9.72. The van der Waals surface area contributed by atoms with Gasteiger partial charge in [-0.2, -0.15) is 31.6 Å². The van der Waals surface area contributed by atoms with Gasteiger partial charge in [-0.25, -0.2) is 4.98 Å². The molecule has 83 heavy (non-hydrogen) atoms. The van der Waals surface area contributed by atoms with Crippen molar-refractivity contribution in [2.24, 2.45) is 0 Å². The van der Waals surface area contributed by atoms with Gasteiger partial charge in [-0.3, -0.25) is 9.13 Å². The van der Waals surface area contributed by atoms with Gasteiger partial charge in [-0.1, -0.05) is 72.8 Å². The van der Waals surface area contributed by atoms with Gasteiger partial charge in [-0.15, -0.1) is 0 Å². The summed E-state index contributed by atoms with van der Waals surface area (Å²) in [7, 11) is 0. The second-order valence-corrected chi connectivity index (χ2v) is 20.6. The summed E-state index contributed by atoms with van der Waals surface area (Å²) < 4.78 is 15.9. The van der Waals surface area contributed by atoms with E-state index in [1.165, 1.54) is 0 Å². The van der Waals surface area contributed by atoms with Gasteiger partial charge >= 0.3 is 0 Å². The van der Waals surface area contributed by atoms with E-state index in [0.717, 1.165) is 65.2 Å². The zero-order valence-electron chi connectivity index (χ0n) is 43.4. The maximum Gasteiger partial charge on any atom is 0.165 e. The molecule has 0 N–H and O–H groups in total. The van der Waals surface area contributed by atoms with Crippen LogP contribution in [0, 0.1) is 68.0 Å². The van der Waals surface area contributed by atoms with Gasteiger partial charge in [0.05, 0.1) is 114 Å². The Balaban J connectivity index is 1.26. The van der Waals surface area contributed by atoms with Crippen molar-refractivity contribution in [3.05, 3.63) is 234 Å². The van der Waals surface area contributed by atoms with E-state index < -0.39 is 0 Å². The summed E-state index contributed by atoms with van der Waals surface area (Å²) in [5.41, 5.74) is 12.3. The van der Waals surface area contributed by atoms with Crippen LogP contribution in [0.2, 0.25) is 0 Å². The van der Waals surface area contributed by atoms with Crippen LogP contribution < -0.4 is 0 Å². The van der Waals surface area contributed by atoms with Crippen LogP contribution in [0.15, 0.2) is 205 Å². The van der Waals surface area contributed by atoms with Crippen molar-refractivity contribution < 1.29 is 4.42 Å². The molecule has 0 atom stereocenters. The number of pyridine rings is 1. The van der Waals surface area contributed by atoms with Gasteiger partial charge in [0.15, 0.2) is 11.6 Å². The third-order valence-corrected chi connectivity index (χ3v) is 16.3. The fraction of sp³-hybridized carbons (Fsp3) is 0. The van der Waals surface area contributed by atoms with Crippen molar-refractivity contribution in [2.45, 2.75) is 0 Å². The van der Waals surface area contributed by atoms with Crippen molar-refractivity contribution in [1.29, 1.82) is 31.6 Å². The molecule has 6 aromatic heterocycles. The molecule has 16 rings (SSSR count). The number of fused-ring (bicyclic) bond motifs is 15. The maximum absolute atomic E-state index is 10.5. The van der Waals surface area contributed by atoms with E-state index in [2.05, 4.69) is 97.1 Å². The molecule has 10 aromatic carbocycles. The van der Waals surface area contributed by atoms with Gasteiger partial charge in [0.1, 0.15) is 22.5 Å². The lowest BCUT2D eigenvalue weighted by Crippen LogP contribution is -2.16. The Morgan fingerprint density at radius 1 is 0.289 bits per heavy atom. The number of nitrogens with zero attached hydrogens (tertiary/aromatic N) is 11. The molecule has 16 aromatic rings. The SMILES string of the molecule is N#Cc1ccc2c(c1)c1cc(C#N)ccc1n2-c1nc(-n2c3ccccc3c3ccccc32)c(-n2c3ccc(C#N)cc3c3cc(C#N)ccc32)c(-c2cccc3c2oc2ccccc23)c1-n1c2ccc(C#N)cc2c2cc(C#N)ccc21. The maximum atomic E-state index is 10.5. The molecule has 0 saturated heterocycles. The second kappa shape index (κ2) is 17.4. The van der Waals surface area contributed by atoms with Gasteiger partial charge in [0, 0.05) is 65.0 Å². The molecular weight excluding hydrogens is 1020 g/mol. The summed E-state index contributed by atoms with van der Waals surface area (Å²) in [6, 6.07) is 78.4. The van der Waals surface area contributed by atoms with E-state index >= 15 is 0 Å². The molecule has 0 fully saturated rings. The molecule has 0 radical (unpaired) electrons. The molecular formula is C71H33N11O. The number of hydrogen-bond donors (Lipinski definition) is 0. The van der Waals surface area contributed by atoms with Gasteiger partial charge in [0.2, 0.25) is 0 Å². The van der Waals surface area contributed by atoms with Crippen LogP contribution in [0.5, 0.6) is 0 Å². The van der Waals surface area contributed by atoms with Crippen LogP contribution in [-0.4, -0.2) is 23.3 Å². The second-order valence-electron chi connectivity index (χ2n) is 20.6. The van der Waals surface area contributed by atoms with Crippen LogP contribution >= 0.6 is 0 Å². The molecule has 0 unspecified atom stereocenters. The topological polar surface area (TPSA) is 188 Å². The smallest absolute Gasteiger partial charge is 0.165 e. The Morgan fingerprint density at radius 3 is 0.976 bits per heavy atom. The first-order valence-electron chi connectivity index (χ1n) is 26.5. The van der Waals surface area contributed by atoms with Gasteiger partial charge in [-0.05, 0) is 127 Å². The van der Waals surface area contributed by atoms with Crippen molar-refractivity contribution >= 4 is 109 Å². The van der Waals surface area contributed by atoms with E-state index in [0.29, 0.717) is 112 Å². The molecule has 0 amide bonds. The first-order chi connectivity index (χ1) is 40.9.